The fraction of sp³-hybridized carbons (Fsp3) is 0.0435. The predicted molar refractivity (Wildman–Crippen MR) is 131 cm³/mol. The number of nitrogens with zero attached hydrogens (tertiary/aromatic N) is 2. The van der Waals surface area contributed by atoms with Gasteiger partial charge in [0.15, 0.2) is 0 Å². The molecule has 1 aromatic heterocycles. The average Bonchev–Trinajstić information content (AvgIpc) is 3.24. The molecule has 3 aromatic carbocycles. The molecule has 0 spiro atoms. The van der Waals surface area contributed by atoms with Gasteiger partial charge in [-0.25, -0.2) is 5.43 Å². The van der Waals surface area contributed by atoms with Crippen LogP contribution in [-0.2, 0) is 6.61 Å². The Kier molecular flexibility index (Phi) is 6.88. The highest BCUT2D eigenvalue weighted by atomic mass is 35.5. The number of nitro benzene ring substituents is 1. The molecule has 0 aliphatic rings. The maximum atomic E-state index is 12.4. The van der Waals surface area contributed by atoms with Crippen LogP contribution in [0.3, 0.4) is 0 Å². The normalized spacial score (nSPS) is 11.1. The Morgan fingerprint density at radius 2 is 1.85 bits per heavy atom. The highest BCUT2D eigenvalue weighted by Crippen LogP contribution is 2.29. The number of nitrogens with one attached hydrogen (secondary N) is 1. The highest BCUT2D eigenvalue weighted by molar-refractivity contribution is 7.20. The summed E-state index contributed by atoms with van der Waals surface area (Å²) in [6.45, 7) is 0.346. The van der Waals surface area contributed by atoms with Crippen LogP contribution in [0.15, 0.2) is 71.8 Å². The Balaban J connectivity index is 1.33. The number of rotatable bonds is 7. The quantitative estimate of drug-likeness (QED) is 0.179. The summed E-state index contributed by atoms with van der Waals surface area (Å²) in [7, 11) is 0. The zero-order valence-electron chi connectivity index (χ0n) is 16.8. The smallest absolute Gasteiger partial charge is 0.281 e. The number of nitro groups is 1. The van der Waals surface area contributed by atoms with Gasteiger partial charge in [-0.2, -0.15) is 5.10 Å². The molecule has 166 valence electrons. The first-order chi connectivity index (χ1) is 15.9. The van der Waals surface area contributed by atoms with Crippen molar-refractivity contribution in [1.29, 1.82) is 0 Å². The third-order valence-corrected chi connectivity index (χ3v) is 6.44. The first-order valence-corrected chi connectivity index (χ1v) is 11.1. The summed E-state index contributed by atoms with van der Waals surface area (Å²) < 4.78 is 6.52. The van der Waals surface area contributed by atoms with Crippen LogP contribution in [0.4, 0.5) is 5.69 Å². The second-order valence-electron chi connectivity index (χ2n) is 6.90. The van der Waals surface area contributed by atoms with Gasteiger partial charge in [0.05, 0.1) is 26.1 Å². The fourth-order valence-corrected chi connectivity index (χ4v) is 4.18. The van der Waals surface area contributed by atoms with Crippen LogP contribution in [0.5, 0.6) is 5.75 Å². The third kappa shape index (κ3) is 5.67. The summed E-state index contributed by atoms with van der Waals surface area (Å²) in [6, 6.07) is 18.6. The minimum absolute atomic E-state index is 0.0188. The van der Waals surface area contributed by atoms with E-state index in [4.69, 9.17) is 27.9 Å². The Morgan fingerprint density at radius 3 is 2.58 bits per heavy atom. The highest BCUT2D eigenvalue weighted by Gasteiger charge is 2.13. The minimum atomic E-state index is -0.468. The van der Waals surface area contributed by atoms with Crippen molar-refractivity contribution in [2.24, 2.45) is 5.10 Å². The van der Waals surface area contributed by atoms with E-state index in [1.54, 1.807) is 48.5 Å². The number of thiophene rings is 1. The molecule has 0 saturated carbocycles. The molecule has 4 rings (SSSR count). The lowest BCUT2D eigenvalue weighted by Gasteiger charge is -2.07. The lowest BCUT2D eigenvalue weighted by atomic mass is 10.2. The first-order valence-electron chi connectivity index (χ1n) is 9.57. The van der Waals surface area contributed by atoms with Crippen molar-refractivity contribution in [3.8, 4) is 5.75 Å². The number of benzene rings is 3. The van der Waals surface area contributed by atoms with Crippen molar-refractivity contribution >= 4 is 62.4 Å². The van der Waals surface area contributed by atoms with Crippen molar-refractivity contribution in [1.82, 2.24) is 5.43 Å². The summed E-state index contributed by atoms with van der Waals surface area (Å²) in [5, 5.41) is 16.5. The number of carbonyl (C=O) groups is 1. The van der Waals surface area contributed by atoms with E-state index in [0.29, 0.717) is 32.7 Å². The summed E-state index contributed by atoms with van der Waals surface area (Å²) in [6.07, 6.45) is 1.51. The zero-order valence-corrected chi connectivity index (χ0v) is 19.2. The minimum Gasteiger partial charge on any atom is -0.489 e. The van der Waals surface area contributed by atoms with E-state index in [1.807, 2.05) is 6.07 Å². The van der Waals surface area contributed by atoms with Crippen molar-refractivity contribution in [3.05, 3.63) is 103 Å². The van der Waals surface area contributed by atoms with Crippen LogP contribution in [0.2, 0.25) is 10.0 Å². The largest absolute Gasteiger partial charge is 0.489 e. The topological polar surface area (TPSA) is 93.8 Å². The van der Waals surface area contributed by atoms with Crippen LogP contribution in [-0.4, -0.2) is 17.0 Å². The van der Waals surface area contributed by atoms with Gasteiger partial charge in [-0.05, 0) is 59.7 Å². The van der Waals surface area contributed by atoms with Crippen molar-refractivity contribution in [2.75, 3.05) is 0 Å². The number of fused-ring (bicyclic) bond motifs is 1. The number of halogens is 2. The van der Waals surface area contributed by atoms with Gasteiger partial charge in [-0.15, -0.1) is 11.3 Å². The monoisotopic (exact) mass is 499 g/mol. The van der Waals surface area contributed by atoms with Gasteiger partial charge >= 0.3 is 0 Å². The Bertz CT molecular complexity index is 1370. The van der Waals surface area contributed by atoms with E-state index in [1.165, 1.54) is 29.7 Å². The molecule has 0 aliphatic heterocycles. The van der Waals surface area contributed by atoms with Crippen LogP contribution in [0.1, 0.15) is 20.8 Å². The molecule has 33 heavy (non-hydrogen) atoms. The van der Waals surface area contributed by atoms with Crippen molar-refractivity contribution < 1.29 is 14.5 Å². The van der Waals surface area contributed by atoms with E-state index in [0.717, 1.165) is 15.8 Å². The number of hydrazone groups is 1. The van der Waals surface area contributed by atoms with Gasteiger partial charge in [0.1, 0.15) is 12.4 Å². The van der Waals surface area contributed by atoms with E-state index < -0.39 is 10.8 Å². The van der Waals surface area contributed by atoms with E-state index in [-0.39, 0.29) is 5.69 Å². The number of non-ortho nitro benzene ring substituents is 1. The van der Waals surface area contributed by atoms with Crippen molar-refractivity contribution in [2.45, 2.75) is 6.61 Å². The third-order valence-electron chi connectivity index (χ3n) is 4.58. The Morgan fingerprint density at radius 1 is 1.06 bits per heavy atom. The fourth-order valence-electron chi connectivity index (χ4n) is 2.92. The van der Waals surface area contributed by atoms with Gasteiger partial charge in [-0.1, -0.05) is 29.3 Å². The zero-order chi connectivity index (χ0) is 23.4. The summed E-state index contributed by atoms with van der Waals surface area (Å²) in [4.78, 5) is 23.2. The van der Waals surface area contributed by atoms with Gasteiger partial charge < -0.3 is 4.74 Å². The first kappa shape index (κ1) is 22.7. The Labute approximate surface area is 202 Å². The molecule has 0 atom stereocenters. The molecule has 0 saturated heterocycles. The molecular weight excluding hydrogens is 485 g/mol. The number of carbonyl (C=O) groups excluding carboxylic acids is 1. The van der Waals surface area contributed by atoms with E-state index in [9.17, 15) is 14.9 Å². The lowest BCUT2D eigenvalue weighted by molar-refractivity contribution is -0.384. The molecule has 0 aliphatic carbocycles. The number of hydrogen-bond acceptors (Lipinski definition) is 6. The molecule has 1 amide bonds. The van der Waals surface area contributed by atoms with Gasteiger partial charge in [0.25, 0.3) is 11.6 Å². The summed E-state index contributed by atoms with van der Waals surface area (Å²) in [5.41, 5.74) is 4.12. The molecule has 1 N–H and O–H groups in total. The molecular formula is C23H15Cl2N3O4S. The number of hydrogen-bond donors (Lipinski definition) is 1. The second-order valence-corrected chi connectivity index (χ2v) is 8.79. The molecule has 10 heteroatoms. The number of ether oxygens (including phenoxy) is 1. The van der Waals surface area contributed by atoms with E-state index >= 15 is 0 Å². The summed E-state index contributed by atoms with van der Waals surface area (Å²) in [5.74, 6) is 0.276. The van der Waals surface area contributed by atoms with E-state index in [2.05, 4.69) is 10.5 Å². The molecule has 0 radical (unpaired) electrons. The molecule has 4 aromatic rings. The van der Waals surface area contributed by atoms with Crippen LogP contribution in [0.25, 0.3) is 10.1 Å². The molecule has 7 nitrogen and oxygen atoms in total. The molecule has 0 fully saturated rings. The average molecular weight is 500 g/mol. The SMILES string of the molecule is O=C(NN=Cc1ccc(OCc2ccc(Cl)c(Cl)c2)cc1)c1cc2cc([N+](=O)[O-])ccc2s1. The maximum absolute atomic E-state index is 12.4. The molecule has 1 heterocycles. The lowest BCUT2D eigenvalue weighted by Crippen LogP contribution is -2.16. The van der Waals surface area contributed by atoms with Crippen LogP contribution < -0.4 is 10.2 Å². The Hall–Kier alpha value is -3.46. The van der Waals surface area contributed by atoms with Crippen LogP contribution >= 0.6 is 34.5 Å². The van der Waals surface area contributed by atoms with Crippen LogP contribution in [0, 0.1) is 10.1 Å². The number of amides is 1. The summed E-state index contributed by atoms with van der Waals surface area (Å²) >= 11 is 13.2. The maximum Gasteiger partial charge on any atom is 0.281 e. The second kappa shape index (κ2) is 9.99. The standard InChI is InChI=1S/C23H15Cl2N3O4S/c24-19-7-3-15(9-20(19)25)13-32-18-5-1-14(2-6-18)12-26-27-23(29)22-11-16-10-17(28(30)31)4-8-21(16)33-22/h1-12H,13H2,(H,27,29). The predicted octanol–water partition coefficient (Wildman–Crippen LogP) is 6.46. The van der Waals surface area contributed by atoms with Gasteiger partial charge in [0.2, 0.25) is 0 Å². The van der Waals surface area contributed by atoms with Gasteiger partial charge in [-0.3, -0.25) is 14.9 Å². The molecule has 0 bridgehead atoms. The van der Waals surface area contributed by atoms with Crippen molar-refractivity contribution in [3.63, 3.8) is 0 Å². The molecule has 0 unspecified atom stereocenters. The van der Waals surface area contributed by atoms with Gasteiger partial charge in [0, 0.05) is 22.2 Å².